The van der Waals surface area contributed by atoms with E-state index in [4.69, 9.17) is 9.72 Å². The number of rotatable bonds is 4. The lowest BCUT2D eigenvalue weighted by Crippen LogP contribution is -2.42. The molecule has 1 fully saturated rings. The van der Waals surface area contributed by atoms with Gasteiger partial charge in [-0.15, -0.1) is 0 Å². The number of ether oxygens (including phenoxy) is 1. The van der Waals surface area contributed by atoms with E-state index in [1.165, 1.54) is 0 Å². The SMILES string of the molecule is Cc1nc(-c2ccccc2)nc2c1CC(=O)N2CCN1CCOCC1. The first-order valence-corrected chi connectivity index (χ1v) is 8.76. The number of anilines is 1. The molecule has 4 rings (SSSR count). The highest BCUT2D eigenvalue weighted by Gasteiger charge is 2.31. The van der Waals surface area contributed by atoms with E-state index in [9.17, 15) is 4.79 Å². The molecular weight excluding hydrogens is 316 g/mol. The number of hydrogen-bond acceptors (Lipinski definition) is 5. The maximum absolute atomic E-state index is 12.5. The number of carbonyl (C=O) groups excluding carboxylic acids is 1. The number of hydrogen-bond donors (Lipinski definition) is 0. The minimum absolute atomic E-state index is 0.117. The van der Waals surface area contributed by atoms with Crippen LogP contribution in [0.4, 0.5) is 5.82 Å². The Morgan fingerprint density at radius 3 is 2.60 bits per heavy atom. The molecular formula is C19H22N4O2. The van der Waals surface area contributed by atoms with E-state index in [0.717, 1.165) is 55.5 Å². The predicted octanol–water partition coefficient (Wildman–Crippen LogP) is 1.67. The van der Waals surface area contributed by atoms with Crippen molar-refractivity contribution in [2.45, 2.75) is 13.3 Å². The van der Waals surface area contributed by atoms with Gasteiger partial charge in [0.25, 0.3) is 0 Å². The number of fused-ring (bicyclic) bond motifs is 1. The van der Waals surface area contributed by atoms with Gasteiger partial charge in [-0.05, 0) is 6.92 Å². The molecule has 1 aromatic heterocycles. The van der Waals surface area contributed by atoms with Crippen molar-refractivity contribution in [1.29, 1.82) is 0 Å². The Morgan fingerprint density at radius 1 is 1.08 bits per heavy atom. The molecule has 0 saturated carbocycles. The number of morpholine rings is 1. The third kappa shape index (κ3) is 3.27. The average molecular weight is 338 g/mol. The molecule has 0 spiro atoms. The normalized spacial score (nSPS) is 17.8. The van der Waals surface area contributed by atoms with Gasteiger partial charge in [0, 0.05) is 43.0 Å². The van der Waals surface area contributed by atoms with Crippen LogP contribution in [-0.4, -0.2) is 60.2 Å². The van der Waals surface area contributed by atoms with E-state index in [0.29, 0.717) is 18.8 Å². The van der Waals surface area contributed by atoms with Crippen LogP contribution in [0.5, 0.6) is 0 Å². The highest BCUT2D eigenvalue weighted by molar-refractivity contribution is 6.00. The summed E-state index contributed by atoms with van der Waals surface area (Å²) >= 11 is 0. The van der Waals surface area contributed by atoms with Gasteiger partial charge in [0.2, 0.25) is 5.91 Å². The van der Waals surface area contributed by atoms with Crippen LogP contribution in [0, 0.1) is 6.92 Å². The Labute approximate surface area is 147 Å². The molecule has 0 unspecified atom stereocenters. The summed E-state index contributed by atoms with van der Waals surface area (Å²) in [6.45, 7) is 6.86. The zero-order chi connectivity index (χ0) is 17.2. The Morgan fingerprint density at radius 2 is 1.84 bits per heavy atom. The zero-order valence-corrected chi connectivity index (χ0v) is 14.4. The van der Waals surface area contributed by atoms with Crippen molar-refractivity contribution < 1.29 is 9.53 Å². The van der Waals surface area contributed by atoms with Gasteiger partial charge in [0.1, 0.15) is 5.82 Å². The summed E-state index contributed by atoms with van der Waals surface area (Å²) in [5.41, 5.74) is 2.83. The Bertz CT molecular complexity index is 772. The fourth-order valence-corrected chi connectivity index (χ4v) is 3.39. The topological polar surface area (TPSA) is 58.6 Å². The molecule has 0 bridgehead atoms. The van der Waals surface area contributed by atoms with Crippen molar-refractivity contribution in [1.82, 2.24) is 14.9 Å². The minimum Gasteiger partial charge on any atom is -0.379 e. The van der Waals surface area contributed by atoms with Crippen LogP contribution in [-0.2, 0) is 16.0 Å². The van der Waals surface area contributed by atoms with Crippen LogP contribution >= 0.6 is 0 Å². The van der Waals surface area contributed by atoms with Crippen LogP contribution in [0.1, 0.15) is 11.3 Å². The van der Waals surface area contributed by atoms with Crippen LogP contribution in [0.2, 0.25) is 0 Å². The molecule has 0 N–H and O–H groups in total. The van der Waals surface area contributed by atoms with Crippen molar-refractivity contribution in [3.05, 3.63) is 41.6 Å². The van der Waals surface area contributed by atoms with Crippen molar-refractivity contribution in [3.8, 4) is 11.4 Å². The lowest BCUT2D eigenvalue weighted by molar-refractivity contribution is -0.117. The second-order valence-corrected chi connectivity index (χ2v) is 6.48. The highest BCUT2D eigenvalue weighted by atomic mass is 16.5. The predicted molar refractivity (Wildman–Crippen MR) is 95.5 cm³/mol. The van der Waals surface area contributed by atoms with E-state index in [1.807, 2.05) is 42.2 Å². The molecule has 1 amide bonds. The Hall–Kier alpha value is -2.31. The average Bonchev–Trinajstić information content (AvgIpc) is 2.97. The molecule has 6 heteroatoms. The van der Waals surface area contributed by atoms with Gasteiger partial charge in [-0.3, -0.25) is 14.6 Å². The largest absolute Gasteiger partial charge is 0.379 e. The molecule has 0 aliphatic carbocycles. The van der Waals surface area contributed by atoms with Gasteiger partial charge < -0.3 is 4.74 Å². The number of nitrogens with zero attached hydrogens (tertiary/aromatic N) is 4. The molecule has 6 nitrogen and oxygen atoms in total. The van der Waals surface area contributed by atoms with Gasteiger partial charge in [-0.1, -0.05) is 30.3 Å². The van der Waals surface area contributed by atoms with Crippen molar-refractivity contribution >= 4 is 11.7 Å². The van der Waals surface area contributed by atoms with E-state index < -0.39 is 0 Å². The van der Waals surface area contributed by atoms with E-state index >= 15 is 0 Å². The maximum atomic E-state index is 12.5. The van der Waals surface area contributed by atoms with E-state index in [2.05, 4.69) is 9.88 Å². The number of carbonyl (C=O) groups is 1. The number of aromatic nitrogens is 2. The zero-order valence-electron chi connectivity index (χ0n) is 14.4. The summed E-state index contributed by atoms with van der Waals surface area (Å²) in [4.78, 5) is 26.0. The summed E-state index contributed by atoms with van der Waals surface area (Å²) in [6.07, 6.45) is 0.402. The third-order valence-corrected chi connectivity index (χ3v) is 4.85. The third-order valence-electron chi connectivity index (χ3n) is 4.85. The molecule has 0 radical (unpaired) electrons. The van der Waals surface area contributed by atoms with Gasteiger partial charge >= 0.3 is 0 Å². The lowest BCUT2D eigenvalue weighted by atomic mass is 10.1. The van der Waals surface area contributed by atoms with Crippen LogP contribution in [0.25, 0.3) is 11.4 Å². The lowest BCUT2D eigenvalue weighted by Gasteiger charge is -2.28. The van der Waals surface area contributed by atoms with Crippen molar-refractivity contribution in [2.75, 3.05) is 44.3 Å². The molecule has 130 valence electrons. The van der Waals surface area contributed by atoms with Crippen LogP contribution in [0.15, 0.2) is 30.3 Å². The number of aryl methyl sites for hydroxylation is 1. The van der Waals surface area contributed by atoms with Gasteiger partial charge in [-0.2, -0.15) is 0 Å². The van der Waals surface area contributed by atoms with Gasteiger partial charge in [-0.25, -0.2) is 9.97 Å². The molecule has 25 heavy (non-hydrogen) atoms. The molecule has 1 saturated heterocycles. The van der Waals surface area contributed by atoms with Crippen LogP contribution < -0.4 is 4.90 Å². The monoisotopic (exact) mass is 338 g/mol. The summed E-state index contributed by atoms with van der Waals surface area (Å²) in [5, 5.41) is 0. The Balaban J connectivity index is 1.59. The van der Waals surface area contributed by atoms with E-state index in [1.54, 1.807) is 0 Å². The highest BCUT2D eigenvalue weighted by Crippen LogP contribution is 2.31. The molecule has 1 aromatic carbocycles. The smallest absolute Gasteiger partial charge is 0.232 e. The summed E-state index contributed by atoms with van der Waals surface area (Å²) in [6, 6.07) is 9.92. The summed E-state index contributed by atoms with van der Waals surface area (Å²) < 4.78 is 5.39. The first-order chi connectivity index (χ1) is 12.2. The summed E-state index contributed by atoms with van der Waals surface area (Å²) in [5.74, 6) is 1.58. The van der Waals surface area contributed by atoms with E-state index in [-0.39, 0.29) is 5.91 Å². The van der Waals surface area contributed by atoms with Gasteiger partial charge in [0.15, 0.2) is 5.82 Å². The van der Waals surface area contributed by atoms with Crippen molar-refractivity contribution in [3.63, 3.8) is 0 Å². The Kier molecular flexibility index (Phi) is 4.46. The second-order valence-electron chi connectivity index (χ2n) is 6.48. The van der Waals surface area contributed by atoms with Crippen molar-refractivity contribution in [2.24, 2.45) is 0 Å². The molecule has 0 atom stereocenters. The fourth-order valence-electron chi connectivity index (χ4n) is 3.39. The molecule has 2 aliphatic heterocycles. The maximum Gasteiger partial charge on any atom is 0.232 e. The molecule has 2 aliphatic rings. The quantitative estimate of drug-likeness (QED) is 0.849. The second kappa shape index (κ2) is 6.90. The number of amides is 1. The molecule has 2 aromatic rings. The first kappa shape index (κ1) is 16.2. The summed E-state index contributed by atoms with van der Waals surface area (Å²) in [7, 11) is 0. The van der Waals surface area contributed by atoms with Crippen LogP contribution in [0.3, 0.4) is 0 Å². The van der Waals surface area contributed by atoms with Gasteiger partial charge in [0.05, 0.1) is 19.6 Å². The number of benzene rings is 1. The molecule has 3 heterocycles. The minimum atomic E-state index is 0.117. The fraction of sp³-hybridized carbons (Fsp3) is 0.421. The standard InChI is InChI=1S/C19H22N4O2/c1-14-16-13-17(24)23(8-7-22-9-11-25-12-10-22)19(16)21-18(20-14)15-5-3-2-4-6-15/h2-6H,7-13H2,1H3. The first-order valence-electron chi connectivity index (χ1n) is 8.76.